The molecule has 6 nitrogen and oxygen atoms in total. The maximum Gasteiger partial charge on any atom is 0.305 e. The van der Waals surface area contributed by atoms with Crippen LogP contribution in [0.4, 0.5) is 0 Å². The Morgan fingerprint density at radius 2 is 1.31 bits per heavy atom. The summed E-state index contributed by atoms with van der Waals surface area (Å²) in [4.78, 5) is 23.7. The van der Waals surface area contributed by atoms with E-state index in [1.54, 1.807) is 0 Å². The van der Waals surface area contributed by atoms with E-state index in [0.29, 0.717) is 25.0 Å². The molecule has 3 atom stereocenters. The second-order valence-electron chi connectivity index (χ2n) is 11.8. The monoisotopic (exact) mass is 552 g/mol. The third-order valence-electron chi connectivity index (χ3n) is 7.35. The molecule has 39 heavy (non-hydrogen) atoms. The Hall–Kier alpha value is -1.40. The van der Waals surface area contributed by atoms with E-state index in [2.05, 4.69) is 32.9 Å². The van der Waals surface area contributed by atoms with Gasteiger partial charge in [-0.15, -0.1) is 0 Å². The van der Waals surface area contributed by atoms with Crippen molar-refractivity contribution in [3.8, 4) is 0 Å². The molecule has 2 unspecified atom stereocenters. The number of carbonyl (C=O) groups excluding carboxylic acids is 2. The largest absolute Gasteiger partial charge is 0.463 e. The van der Waals surface area contributed by atoms with E-state index in [9.17, 15) is 14.7 Å². The molecule has 6 heteroatoms. The van der Waals surface area contributed by atoms with Gasteiger partial charge in [-0.3, -0.25) is 9.59 Å². The van der Waals surface area contributed by atoms with Gasteiger partial charge in [-0.25, -0.2) is 0 Å². The van der Waals surface area contributed by atoms with E-state index in [4.69, 9.17) is 14.2 Å². The van der Waals surface area contributed by atoms with Crippen molar-refractivity contribution in [3.63, 3.8) is 0 Å². The molecule has 0 bridgehead atoms. The van der Waals surface area contributed by atoms with E-state index < -0.39 is 6.10 Å². The average Bonchev–Trinajstić information content (AvgIpc) is 3.66. The van der Waals surface area contributed by atoms with Crippen LogP contribution in [0.15, 0.2) is 12.2 Å². The van der Waals surface area contributed by atoms with Crippen molar-refractivity contribution in [3.05, 3.63) is 12.2 Å². The van der Waals surface area contributed by atoms with Gasteiger partial charge >= 0.3 is 11.9 Å². The SMILES string of the molecule is CCCCCC1OC1C/C=C\CCCCCCCC(=O)OC[C@@H](O)COC(=O)CCCCCCCCC(C)C. The van der Waals surface area contributed by atoms with Crippen LogP contribution >= 0.6 is 0 Å². The molecule has 1 heterocycles. The molecular formula is C33H60O6. The summed E-state index contributed by atoms with van der Waals surface area (Å²) in [6.45, 7) is 6.50. The van der Waals surface area contributed by atoms with Gasteiger partial charge in [0.2, 0.25) is 0 Å². The Morgan fingerprint density at radius 1 is 0.744 bits per heavy atom. The van der Waals surface area contributed by atoms with Crippen molar-refractivity contribution in [2.75, 3.05) is 13.2 Å². The lowest BCUT2D eigenvalue weighted by atomic mass is 10.0. The van der Waals surface area contributed by atoms with Crippen LogP contribution in [0.5, 0.6) is 0 Å². The van der Waals surface area contributed by atoms with Gasteiger partial charge in [0.05, 0.1) is 12.2 Å². The van der Waals surface area contributed by atoms with E-state index >= 15 is 0 Å². The number of allylic oxidation sites excluding steroid dienone is 1. The van der Waals surface area contributed by atoms with Crippen LogP contribution < -0.4 is 0 Å². The van der Waals surface area contributed by atoms with Crippen LogP contribution in [0.25, 0.3) is 0 Å². The molecule has 1 aliphatic heterocycles. The molecule has 0 spiro atoms. The fraction of sp³-hybridized carbons (Fsp3) is 0.879. The van der Waals surface area contributed by atoms with E-state index in [1.165, 1.54) is 64.2 Å². The molecule has 1 rings (SSSR count). The highest BCUT2D eigenvalue weighted by atomic mass is 16.6. The third-order valence-corrected chi connectivity index (χ3v) is 7.35. The molecule has 1 aliphatic rings. The number of ether oxygens (including phenoxy) is 3. The van der Waals surface area contributed by atoms with Gasteiger partial charge < -0.3 is 19.3 Å². The van der Waals surface area contributed by atoms with Crippen LogP contribution in [0.2, 0.25) is 0 Å². The maximum atomic E-state index is 11.9. The van der Waals surface area contributed by atoms with Gasteiger partial charge in [-0.05, 0) is 44.4 Å². The molecule has 0 saturated carbocycles. The van der Waals surface area contributed by atoms with Crippen LogP contribution in [0.1, 0.15) is 149 Å². The van der Waals surface area contributed by atoms with Crippen molar-refractivity contribution in [1.29, 1.82) is 0 Å². The first kappa shape index (κ1) is 35.6. The lowest BCUT2D eigenvalue weighted by Gasteiger charge is -2.12. The van der Waals surface area contributed by atoms with Gasteiger partial charge in [0.1, 0.15) is 19.3 Å². The minimum absolute atomic E-state index is 0.122. The zero-order chi connectivity index (χ0) is 28.6. The normalized spacial score (nSPS) is 17.6. The molecule has 0 radical (unpaired) electrons. The zero-order valence-corrected chi connectivity index (χ0v) is 25.5. The summed E-state index contributed by atoms with van der Waals surface area (Å²) in [6, 6.07) is 0. The quantitative estimate of drug-likeness (QED) is 0.0478. The van der Waals surface area contributed by atoms with Crippen LogP contribution in [-0.2, 0) is 23.8 Å². The molecule has 1 N–H and O–H groups in total. The number of carbonyl (C=O) groups is 2. The highest BCUT2D eigenvalue weighted by Gasteiger charge is 2.36. The standard InChI is InChI=1S/C33H60O6/c1-4-5-16-22-30-31(39-30)23-18-13-8-6-7-9-14-19-24-32(35)37-26-29(34)27-38-33(36)25-20-15-11-10-12-17-21-28(2)3/h13,18,28-31,34H,4-12,14-17,19-27H2,1-3H3/b18-13-/t29-,30?,31?/m1/s1. The molecule has 0 aromatic heterocycles. The van der Waals surface area contributed by atoms with Gasteiger partial charge in [-0.2, -0.15) is 0 Å². The van der Waals surface area contributed by atoms with Crippen LogP contribution in [0, 0.1) is 5.92 Å². The number of hydrogen-bond donors (Lipinski definition) is 1. The summed E-state index contributed by atoms with van der Waals surface area (Å²) in [7, 11) is 0. The number of unbranched alkanes of at least 4 members (excludes halogenated alkanes) is 12. The van der Waals surface area contributed by atoms with Gasteiger partial charge in [0.25, 0.3) is 0 Å². The summed E-state index contributed by atoms with van der Waals surface area (Å²) in [5.41, 5.74) is 0. The highest BCUT2D eigenvalue weighted by Crippen LogP contribution is 2.30. The maximum absolute atomic E-state index is 11.9. The van der Waals surface area contributed by atoms with Crippen molar-refractivity contribution < 1.29 is 28.9 Å². The van der Waals surface area contributed by atoms with Crippen molar-refractivity contribution >= 4 is 11.9 Å². The summed E-state index contributed by atoms with van der Waals surface area (Å²) in [5.74, 6) is 0.184. The minimum atomic E-state index is -0.967. The summed E-state index contributed by atoms with van der Waals surface area (Å²) >= 11 is 0. The predicted octanol–water partition coefficient (Wildman–Crippen LogP) is 8.24. The number of aliphatic hydroxyl groups is 1. The van der Waals surface area contributed by atoms with E-state index in [0.717, 1.165) is 57.3 Å². The molecule has 0 aliphatic carbocycles. The number of hydrogen-bond acceptors (Lipinski definition) is 6. The second kappa shape index (κ2) is 24.4. The van der Waals surface area contributed by atoms with Crippen molar-refractivity contribution in [2.45, 2.75) is 167 Å². The highest BCUT2D eigenvalue weighted by molar-refractivity contribution is 5.69. The average molecular weight is 553 g/mol. The molecule has 1 saturated heterocycles. The lowest BCUT2D eigenvalue weighted by Crippen LogP contribution is -2.25. The molecular weight excluding hydrogens is 492 g/mol. The number of rotatable bonds is 27. The van der Waals surface area contributed by atoms with Crippen molar-refractivity contribution in [1.82, 2.24) is 0 Å². The van der Waals surface area contributed by atoms with Gasteiger partial charge in [-0.1, -0.05) is 110 Å². The Kier molecular flexibility index (Phi) is 22.3. The third kappa shape index (κ3) is 23.0. The summed E-state index contributed by atoms with van der Waals surface area (Å²) < 4.78 is 16.0. The van der Waals surface area contributed by atoms with Gasteiger partial charge in [0, 0.05) is 12.8 Å². The fourth-order valence-electron chi connectivity index (χ4n) is 4.75. The number of epoxide rings is 1. The lowest BCUT2D eigenvalue weighted by molar-refractivity contribution is -0.152. The molecule has 1 fully saturated rings. The van der Waals surface area contributed by atoms with E-state index in [1.807, 2.05) is 0 Å². The fourth-order valence-corrected chi connectivity index (χ4v) is 4.75. The summed E-state index contributed by atoms with van der Waals surface area (Å²) in [6.07, 6.45) is 25.9. The van der Waals surface area contributed by atoms with E-state index in [-0.39, 0.29) is 25.2 Å². The Morgan fingerprint density at radius 3 is 1.90 bits per heavy atom. The van der Waals surface area contributed by atoms with Crippen LogP contribution in [-0.4, -0.2) is 48.6 Å². The van der Waals surface area contributed by atoms with Crippen molar-refractivity contribution in [2.24, 2.45) is 5.92 Å². The van der Waals surface area contributed by atoms with Gasteiger partial charge in [0.15, 0.2) is 0 Å². The minimum Gasteiger partial charge on any atom is -0.463 e. The smallest absolute Gasteiger partial charge is 0.305 e. The topological polar surface area (TPSA) is 85.4 Å². The first-order valence-corrected chi connectivity index (χ1v) is 16.2. The Labute approximate surface area is 239 Å². The predicted molar refractivity (Wildman–Crippen MR) is 159 cm³/mol. The number of aliphatic hydroxyl groups excluding tert-OH is 1. The molecule has 228 valence electrons. The second-order valence-corrected chi connectivity index (χ2v) is 11.8. The Balaban J connectivity index is 1.84. The summed E-state index contributed by atoms with van der Waals surface area (Å²) in [5, 5.41) is 9.93. The first-order chi connectivity index (χ1) is 18.9. The molecule has 0 aromatic rings. The Bertz CT molecular complexity index is 632. The molecule has 0 aromatic carbocycles. The van der Waals surface area contributed by atoms with Crippen LogP contribution in [0.3, 0.4) is 0 Å². The first-order valence-electron chi connectivity index (χ1n) is 16.2. The number of esters is 2. The molecule has 0 amide bonds. The zero-order valence-electron chi connectivity index (χ0n) is 25.5.